The summed E-state index contributed by atoms with van der Waals surface area (Å²) in [4.78, 5) is 4.34. The van der Waals surface area contributed by atoms with Crippen molar-refractivity contribution in [3.8, 4) is 17.2 Å². The fourth-order valence-corrected chi connectivity index (χ4v) is 2.84. The van der Waals surface area contributed by atoms with E-state index < -0.39 is 11.3 Å². The van der Waals surface area contributed by atoms with Crippen molar-refractivity contribution in [3.05, 3.63) is 54.2 Å². The van der Waals surface area contributed by atoms with Crippen molar-refractivity contribution >= 4 is 27.9 Å². The molecule has 0 aliphatic carbocycles. The zero-order chi connectivity index (χ0) is 18.5. The third-order valence-corrected chi connectivity index (χ3v) is 4.17. The summed E-state index contributed by atoms with van der Waals surface area (Å²) in [6, 6.07) is 12.5. The van der Waals surface area contributed by atoms with E-state index in [2.05, 4.69) is 9.71 Å². The molecule has 0 radical (unpaired) electrons. The van der Waals surface area contributed by atoms with Crippen molar-refractivity contribution < 1.29 is 23.0 Å². The molecule has 0 aliphatic heterocycles. The Bertz CT molecular complexity index is 931. The van der Waals surface area contributed by atoms with Crippen LogP contribution in [0.15, 0.2) is 48.7 Å². The van der Waals surface area contributed by atoms with E-state index in [9.17, 15) is 4.21 Å². The molecule has 3 rings (SSSR count). The van der Waals surface area contributed by atoms with Crippen molar-refractivity contribution in [2.75, 3.05) is 18.9 Å². The number of methoxy groups -OCH3 is 2. The number of fused-ring (bicyclic) bond motifs is 1. The lowest BCUT2D eigenvalue weighted by molar-refractivity contribution is 0.309. The molecule has 3 aromatic rings. The molecule has 0 spiro atoms. The summed E-state index contributed by atoms with van der Waals surface area (Å²) in [5, 5.41) is 0.819. The second-order valence-corrected chi connectivity index (χ2v) is 6.07. The topological polar surface area (TPSA) is 89.9 Å². The highest BCUT2D eigenvalue weighted by Gasteiger charge is 2.11. The van der Waals surface area contributed by atoms with Gasteiger partial charge in [-0.1, -0.05) is 12.1 Å². The zero-order valence-electron chi connectivity index (χ0n) is 14.3. The number of ether oxygens (including phenoxy) is 3. The lowest BCUT2D eigenvalue weighted by Crippen LogP contribution is -2.02. The van der Waals surface area contributed by atoms with Crippen LogP contribution >= 0.6 is 0 Å². The molecular weight excluding hydrogens is 356 g/mol. The van der Waals surface area contributed by atoms with Crippen LogP contribution in [0.5, 0.6) is 17.2 Å². The van der Waals surface area contributed by atoms with Gasteiger partial charge < -0.3 is 14.2 Å². The molecule has 1 aromatic heterocycles. The molecule has 2 N–H and O–H groups in total. The predicted octanol–water partition coefficient (Wildman–Crippen LogP) is 3.38. The van der Waals surface area contributed by atoms with Crippen molar-refractivity contribution in [3.63, 3.8) is 0 Å². The number of rotatable bonds is 7. The molecule has 8 heteroatoms. The van der Waals surface area contributed by atoms with Gasteiger partial charge in [-0.05, 0) is 29.8 Å². The fourth-order valence-electron chi connectivity index (χ4n) is 2.50. The molecule has 0 saturated heterocycles. The first-order chi connectivity index (χ1) is 12.6. The van der Waals surface area contributed by atoms with E-state index in [0.29, 0.717) is 29.5 Å². The molecule has 7 nitrogen and oxygen atoms in total. The Morgan fingerprint density at radius 1 is 1.04 bits per heavy atom. The number of pyridine rings is 1. The Hall–Kier alpha value is -2.84. The van der Waals surface area contributed by atoms with Gasteiger partial charge in [0.05, 0.1) is 19.7 Å². The Balaban J connectivity index is 1.81. The van der Waals surface area contributed by atoms with E-state index in [1.165, 1.54) is 0 Å². The SMILES string of the molecule is COc1cc2nccc(OCc3ccc(NS(=O)O)cc3)c2cc1OC. The average Bonchev–Trinajstić information content (AvgIpc) is 2.65. The van der Waals surface area contributed by atoms with Gasteiger partial charge in [-0.25, -0.2) is 4.21 Å². The number of benzene rings is 2. The van der Waals surface area contributed by atoms with Gasteiger partial charge in [0, 0.05) is 23.3 Å². The zero-order valence-corrected chi connectivity index (χ0v) is 15.1. The maximum atomic E-state index is 10.7. The highest BCUT2D eigenvalue weighted by molar-refractivity contribution is 7.80. The minimum Gasteiger partial charge on any atom is -0.493 e. The van der Waals surface area contributed by atoms with E-state index in [-0.39, 0.29) is 0 Å². The maximum absolute atomic E-state index is 10.7. The molecule has 1 unspecified atom stereocenters. The van der Waals surface area contributed by atoms with Crippen molar-refractivity contribution in [2.45, 2.75) is 6.61 Å². The van der Waals surface area contributed by atoms with Crippen LogP contribution in [-0.2, 0) is 17.9 Å². The van der Waals surface area contributed by atoms with Crippen molar-refractivity contribution in [1.29, 1.82) is 0 Å². The monoisotopic (exact) mass is 374 g/mol. The fraction of sp³-hybridized carbons (Fsp3) is 0.167. The van der Waals surface area contributed by atoms with Gasteiger partial charge in [0.15, 0.2) is 11.5 Å². The standard InChI is InChI=1S/C18H18N2O5S/c1-23-17-9-14-15(10-18(17)24-2)19-8-7-16(14)25-11-12-3-5-13(6-4-12)20-26(21)22/h3-10,20H,11H2,1-2H3,(H,21,22). The van der Waals surface area contributed by atoms with Crippen LogP contribution in [0.4, 0.5) is 5.69 Å². The van der Waals surface area contributed by atoms with Crippen LogP contribution in [-0.4, -0.2) is 28.0 Å². The Labute approximate surface area is 153 Å². The van der Waals surface area contributed by atoms with Crippen LogP contribution in [0, 0.1) is 0 Å². The molecule has 26 heavy (non-hydrogen) atoms. The average molecular weight is 374 g/mol. The normalized spacial score (nSPS) is 11.8. The van der Waals surface area contributed by atoms with E-state index in [1.54, 1.807) is 44.7 Å². The van der Waals surface area contributed by atoms with Crippen LogP contribution < -0.4 is 18.9 Å². The Kier molecular flexibility index (Phi) is 5.55. The van der Waals surface area contributed by atoms with Crippen LogP contribution in [0.25, 0.3) is 10.9 Å². The van der Waals surface area contributed by atoms with Gasteiger partial charge in [-0.2, -0.15) is 0 Å². The highest BCUT2D eigenvalue weighted by Crippen LogP contribution is 2.35. The number of nitrogens with one attached hydrogen (secondary N) is 1. The minimum absolute atomic E-state index is 0.343. The summed E-state index contributed by atoms with van der Waals surface area (Å²) in [7, 11) is 3.16. The van der Waals surface area contributed by atoms with Crippen molar-refractivity contribution in [1.82, 2.24) is 4.98 Å². The van der Waals surface area contributed by atoms with Gasteiger partial charge in [-0.3, -0.25) is 14.3 Å². The van der Waals surface area contributed by atoms with Crippen molar-refractivity contribution in [2.24, 2.45) is 0 Å². The van der Waals surface area contributed by atoms with E-state index >= 15 is 0 Å². The summed E-state index contributed by atoms with van der Waals surface area (Å²) in [5.41, 5.74) is 2.22. The maximum Gasteiger partial charge on any atom is 0.259 e. The third-order valence-electron chi connectivity index (χ3n) is 3.76. The summed E-state index contributed by atoms with van der Waals surface area (Å²) in [6.45, 7) is 0.343. The molecule has 0 saturated carbocycles. The van der Waals surface area contributed by atoms with Gasteiger partial charge in [0.1, 0.15) is 12.4 Å². The first-order valence-corrected chi connectivity index (χ1v) is 8.81. The number of anilines is 1. The summed E-state index contributed by atoms with van der Waals surface area (Å²) in [5.74, 6) is 1.88. The lowest BCUT2D eigenvalue weighted by Gasteiger charge is -2.12. The third kappa shape index (κ3) is 4.04. The summed E-state index contributed by atoms with van der Waals surface area (Å²) >= 11 is -2.09. The molecule has 0 aliphatic rings. The molecule has 1 heterocycles. The first kappa shape index (κ1) is 18.0. The smallest absolute Gasteiger partial charge is 0.259 e. The molecule has 0 fully saturated rings. The molecule has 2 aromatic carbocycles. The molecule has 136 valence electrons. The van der Waals surface area contributed by atoms with E-state index in [0.717, 1.165) is 16.5 Å². The number of aromatic nitrogens is 1. The first-order valence-electron chi connectivity index (χ1n) is 7.70. The second kappa shape index (κ2) is 8.03. The molecular formula is C18H18N2O5S. The Morgan fingerprint density at radius 3 is 2.38 bits per heavy atom. The van der Waals surface area contributed by atoms with Gasteiger partial charge in [0.25, 0.3) is 11.3 Å². The van der Waals surface area contributed by atoms with Crippen LogP contribution in [0.2, 0.25) is 0 Å². The number of nitrogens with zero attached hydrogens (tertiary/aromatic N) is 1. The van der Waals surface area contributed by atoms with Gasteiger partial charge >= 0.3 is 0 Å². The Morgan fingerprint density at radius 2 is 1.73 bits per heavy atom. The van der Waals surface area contributed by atoms with Gasteiger partial charge in [-0.15, -0.1) is 0 Å². The predicted molar refractivity (Wildman–Crippen MR) is 100 cm³/mol. The quantitative estimate of drug-likeness (QED) is 0.616. The molecule has 0 bridgehead atoms. The molecule has 1 atom stereocenters. The number of hydrogen-bond acceptors (Lipinski definition) is 5. The second-order valence-electron chi connectivity index (χ2n) is 5.37. The summed E-state index contributed by atoms with van der Waals surface area (Å²) in [6.07, 6.45) is 1.67. The minimum atomic E-state index is -2.09. The number of hydrogen-bond donors (Lipinski definition) is 2. The van der Waals surface area contributed by atoms with E-state index in [1.807, 2.05) is 18.2 Å². The lowest BCUT2D eigenvalue weighted by atomic mass is 10.1. The highest BCUT2D eigenvalue weighted by atomic mass is 32.2. The van der Waals surface area contributed by atoms with Gasteiger partial charge in [0.2, 0.25) is 0 Å². The van der Waals surface area contributed by atoms with E-state index in [4.69, 9.17) is 18.8 Å². The largest absolute Gasteiger partial charge is 0.493 e. The molecule has 0 amide bonds. The summed E-state index contributed by atoms with van der Waals surface area (Å²) < 4.78 is 38.5. The van der Waals surface area contributed by atoms with Crippen LogP contribution in [0.1, 0.15) is 5.56 Å². The van der Waals surface area contributed by atoms with Crippen LogP contribution in [0.3, 0.4) is 0 Å².